The van der Waals surface area contributed by atoms with Crippen LogP contribution in [-0.2, 0) is 33.3 Å². The summed E-state index contributed by atoms with van der Waals surface area (Å²) in [6, 6.07) is 8.44. The van der Waals surface area contributed by atoms with Gasteiger partial charge in [0.15, 0.2) is 0 Å². The molecule has 35 heavy (non-hydrogen) atoms. The van der Waals surface area contributed by atoms with Crippen LogP contribution in [-0.4, -0.2) is 55.7 Å². The average molecular weight is 518 g/mol. The van der Waals surface area contributed by atoms with Crippen molar-refractivity contribution in [2.24, 2.45) is 10.8 Å². The van der Waals surface area contributed by atoms with Crippen molar-refractivity contribution < 1.29 is 49.1 Å². The number of thioether (sulfide) groups is 1. The summed E-state index contributed by atoms with van der Waals surface area (Å²) in [7, 11) is 0. The molecule has 1 aromatic carbocycles. The molecule has 12 heteroatoms. The standard InChI is InChI=1S/C15H19NO6.C8H14O4S.H2/c1-15(2,3)13(18)20-10-21-14(19)16-9-12(17)22-11-7-5-4-6-8-11;1-8(2,3)6(9)11-5-12-7(10)13-4;/h4-8H,9-10H2,1-3H3,(H,16,19);5H2,1-4H3;1H. The van der Waals surface area contributed by atoms with E-state index in [0.29, 0.717) is 5.75 Å². The zero-order valence-corrected chi connectivity index (χ0v) is 21.8. The summed E-state index contributed by atoms with van der Waals surface area (Å²) in [5, 5.41) is 1.73. The number of alkyl carbamates (subject to hydrolysis) is 1. The number of ether oxygens (including phenoxy) is 5. The van der Waals surface area contributed by atoms with E-state index in [0.717, 1.165) is 11.8 Å². The minimum atomic E-state index is -0.883. The van der Waals surface area contributed by atoms with Crippen molar-refractivity contribution >= 4 is 41.1 Å². The van der Waals surface area contributed by atoms with Crippen LogP contribution in [0.4, 0.5) is 9.59 Å². The second-order valence-corrected chi connectivity index (χ2v) is 9.51. The minimum absolute atomic E-state index is 0. The van der Waals surface area contributed by atoms with Gasteiger partial charge in [0.05, 0.1) is 10.8 Å². The molecule has 0 unspecified atom stereocenters. The third-order valence-electron chi connectivity index (χ3n) is 3.49. The van der Waals surface area contributed by atoms with Gasteiger partial charge in [-0.1, -0.05) is 18.2 Å². The van der Waals surface area contributed by atoms with E-state index in [9.17, 15) is 24.0 Å². The lowest BCUT2D eigenvalue weighted by molar-refractivity contribution is -0.162. The van der Waals surface area contributed by atoms with Gasteiger partial charge in [0.2, 0.25) is 13.6 Å². The molecule has 198 valence electrons. The van der Waals surface area contributed by atoms with Crippen LogP contribution in [0.2, 0.25) is 0 Å². The first-order valence-corrected chi connectivity index (χ1v) is 11.6. The molecule has 0 saturated heterocycles. The van der Waals surface area contributed by atoms with Crippen LogP contribution < -0.4 is 10.1 Å². The number of para-hydroxylation sites is 1. The van der Waals surface area contributed by atoms with Crippen LogP contribution >= 0.6 is 11.8 Å². The van der Waals surface area contributed by atoms with Gasteiger partial charge in [0.1, 0.15) is 12.3 Å². The summed E-state index contributed by atoms with van der Waals surface area (Å²) in [5.74, 6) is -1.15. The fourth-order valence-electron chi connectivity index (χ4n) is 1.61. The second-order valence-electron chi connectivity index (χ2n) is 8.77. The predicted molar refractivity (Wildman–Crippen MR) is 129 cm³/mol. The monoisotopic (exact) mass is 517 g/mol. The summed E-state index contributed by atoms with van der Waals surface area (Å²) in [4.78, 5) is 55.9. The summed E-state index contributed by atoms with van der Waals surface area (Å²) < 4.78 is 23.5. The van der Waals surface area contributed by atoms with Crippen molar-refractivity contribution in [3.63, 3.8) is 0 Å². The molecular formula is C23H35NO10S. The number of esters is 3. The maximum atomic E-state index is 11.5. The normalized spacial score (nSPS) is 10.6. The predicted octanol–water partition coefficient (Wildman–Crippen LogP) is 4.14. The van der Waals surface area contributed by atoms with Crippen LogP contribution in [0.5, 0.6) is 5.75 Å². The SMILES string of the molecule is CC(C)(C)C(=O)OCOC(=O)NCC(=O)Oc1ccccc1.CSC(=O)OCOC(=O)C(C)(C)C.[HH]. The van der Waals surface area contributed by atoms with Crippen molar-refractivity contribution in [3.05, 3.63) is 30.3 Å². The third kappa shape index (κ3) is 16.1. The Balaban J connectivity index is 0. The zero-order valence-electron chi connectivity index (χ0n) is 21.0. The van der Waals surface area contributed by atoms with Gasteiger partial charge >= 0.3 is 29.3 Å². The second kappa shape index (κ2) is 15.6. The fourth-order valence-corrected chi connectivity index (χ4v) is 1.78. The molecule has 0 aliphatic carbocycles. The number of carbonyl (C=O) groups excluding carboxylic acids is 5. The van der Waals surface area contributed by atoms with Crippen molar-refractivity contribution in [1.82, 2.24) is 5.32 Å². The number of hydrogen-bond acceptors (Lipinski definition) is 11. The average Bonchev–Trinajstić information content (AvgIpc) is 2.77. The maximum Gasteiger partial charge on any atom is 0.410 e. The first-order valence-electron chi connectivity index (χ1n) is 10.4. The Morgan fingerprint density at radius 2 is 1.29 bits per heavy atom. The molecule has 1 aromatic rings. The van der Waals surface area contributed by atoms with Crippen molar-refractivity contribution in [3.8, 4) is 5.75 Å². The summed E-state index contributed by atoms with van der Waals surface area (Å²) in [6.07, 6.45) is 0.709. The Morgan fingerprint density at radius 1 is 0.800 bits per heavy atom. The highest BCUT2D eigenvalue weighted by atomic mass is 32.2. The molecule has 0 fully saturated rings. The lowest BCUT2D eigenvalue weighted by Crippen LogP contribution is -2.33. The van der Waals surface area contributed by atoms with Crippen LogP contribution in [0.25, 0.3) is 0 Å². The number of benzene rings is 1. The van der Waals surface area contributed by atoms with Crippen LogP contribution in [0.15, 0.2) is 30.3 Å². The van der Waals surface area contributed by atoms with E-state index >= 15 is 0 Å². The molecule has 1 amide bonds. The van der Waals surface area contributed by atoms with E-state index in [-0.39, 0.29) is 20.7 Å². The molecule has 0 aromatic heterocycles. The maximum absolute atomic E-state index is 11.5. The number of rotatable bonds is 7. The minimum Gasteiger partial charge on any atom is -0.427 e. The Kier molecular flexibility index (Phi) is 14.1. The Labute approximate surface area is 210 Å². The van der Waals surface area contributed by atoms with Crippen molar-refractivity contribution in [2.45, 2.75) is 41.5 Å². The summed E-state index contributed by atoms with van der Waals surface area (Å²) in [5.41, 5.74) is -1.24. The van der Waals surface area contributed by atoms with Gasteiger partial charge in [-0.2, -0.15) is 0 Å². The van der Waals surface area contributed by atoms with Gasteiger partial charge in [-0.05, 0) is 71.7 Å². The van der Waals surface area contributed by atoms with Gasteiger partial charge in [-0.3, -0.25) is 9.59 Å². The van der Waals surface area contributed by atoms with E-state index in [4.69, 9.17) is 9.47 Å². The molecule has 0 spiro atoms. The number of carbonyl (C=O) groups is 5. The first kappa shape index (κ1) is 31.7. The molecule has 0 bridgehead atoms. The van der Waals surface area contributed by atoms with Crippen molar-refractivity contribution in [2.75, 3.05) is 26.4 Å². The molecule has 1 rings (SSSR count). The van der Waals surface area contributed by atoms with E-state index < -0.39 is 41.0 Å². The number of hydrogen-bond donors (Lipinski definition) is 1. The quantitative estimate of drug-likeness (QED) is 0.316. The van der Waals surface area contributed by atoms with Gasteiger partial charge in [0.25, 0.3) is 0 Å². The highest BCUT2D eigenvalue weighted by molar-refractivity contribution is 8.12. The van der Waals surface area contributed by atoms with E-state index in [2.05, 4.69) is 19.5 Å². The number of nitrogens with one attached hydrogen (secondary N) is 1. The van der Waals surface area contributed by atoms with E-state index in [1.165, 1.54) is 0 Å². The Morgan fingerprint density at radius 3 is 1.74 bits per heavy atom. The van der Waals surface area contributed by atoms with Crippen LogP contribution in [0, 0.1) is 10.8 Å². The summed E-state index contributed by atoms with van der Waals surface area (Å²) in [6.45, 7) is 9.02. The third-order valence-corrected chi connectivity index (χ3v) is 3.94. The molecule has 0 aliphatic heterocycles. The topological polar surface area (TPSA) is 144 Å². The molecular weight excluding hydrogens is 482 g/mol. The van der Waals surface area contributed by atoms with Crippen LogP contribution in [0.1, 0.15) is 43.0 Å². The summed E-state index contributed by atoms with van der Waals surface area (Å²) >= 11 is 0.932. The molecule has 0 heterocycles. The Hall–Kier alpha value is -3.28. The van der Waals surface area contributed by atoms with Gasteiger partial charge in [-0.15, -0.1) is 0 Å². The van der Waals surface area contributed by atoms with Gasteiger partial charge in [0, 0.05) is 1.43 Å². The molecule has 0 radical (unpaired) electrons. The lowest BCUT2D eigenvalue weighted by Gasteiger charge is -2.16. The van der Waals surface area contributed by atoms with E-state index in [1.807, 2.05) is 0 Å². The number of amides is 1. The molecule has 0 aliphatic rings. The molecule has 11 nitrogen and oxygen atoms in total. The highest BCUT2D eigenvalue weighted by Crippen LogP contribution is 2.15. The molecule has 1 N–H and O–H groups in total. The Bertz CT molecular complexity index is 851. The van der Waals surface area contributed by atoms with Gasteiger partial charge in [-0.25, -0.2) is 14.4 Å². The van der Waals surface area contributed by atoms with E-state index in [1.54, 1.807) is 78.1 Å². The first-order chi connectivity index (χ1) is 16.2. The fraction of sp³-hybridized carbons (Fsp3) is 0.522. The van der Waals surface area contributed by atoms with Gasteiger partial charge < -0.3 is 29.0 Å². The lowest BCUT2D eigenvalue weighted by atomic mass is 9.97. The smallest absolute Gasteiger partial charge is 0.410 e. The molecule has 0 atom stereocenters. The largest absolute Gasteiger partial charge is 0.427 e. The highest BCUT2D eigenvalue weighted by Gasteiger charge is 2.24. The zero-order chi connectivity index (χ0) is 27.1. The van der Waals surface area contributed by atoms with Crippen LogP contribution in [0.3, 0.4) is 0 Å². The molecule has 0 saturated carbocycles. The van der Waals surface area contributed by atoms with Crippen molar-refractivity contribution in [1.29, 1.82) is 0 Å².